The summed E-state index contributed by atoms with van der Waals surface area (Å²) in [5, 5.41) is 24.8. The quantitative estimate of drug-likeness (QED) is 0.00957. The predicted octanol–water partition coefficient (Wildman–Crippen LogP) is 8.25. The lowest BCUT2D eigenvalue weighted by Crippen LogP contribution is -2.37. The molecule has 0 radical (unpaired) electrons. The van der Waals surface area contributed by atoms with Crippen LogP contribution < -0.4 is 27.2 Å². The number of carbonyl (C=O) groups is 3. The summed E-state index contributed by atoms with van der Waals surface area (Å²) >= 11 is 4.45. The van der Waals surface area contributed by atoms with E-state index < -0.39 is 12.5 Å². The maximum absolute atomic E-state index is 13.9. The van der Waals surface area contributed by atoms with Gasteiger partial charge in [-0.1, -0.05) is 106 Å². The molecule has 374 valence electrons. The maximum Gasteiger partial charge on any atom is 0.321 e. The second-order valence-electron chi connectivity index (χ2n) is 17.6. The molecule has 9 N–H and O–H groups in total. The Morgan fingerprint density at radius 3 is 2.14 bits per heavy atom. The number of fused-ring (bicyclic) bond motifs is 3. The number of unbranched alkanes of at least 4 members (excludes halogenated alkanes) is 10. The van der Waals surface area contributed by atoms with Gasteiger partial charge in [-0.15, -0.1) is 0 Å². The standard InChI is InChI=1S/C52H65N6O10PS/c1-56(52(64)37-24-22-36(23-25-37)45-34-44(60)41-26-27-43(59)50(63)51(41)68-45)31-15-7-4-2-3-5-8-16-32-58(54)49-39-19-11-10-18-38(39)35-57(42-21-13-12-20-40(42)48(49)53)47(62)29-28-46(61)55-30-14-6-9-17-33-67-69(65,66)70/h10-13,18-27,34,59,63H,2-9,14-17,28-33,35,53-54H2,1H3,(H,55,61)(H2,65,66,70)/b49-48-. The fourth-order valence-corrected chi connectivity index (χ4v) is 9.15. The highest BCUT2D eigenvalue weighted by atomic mass is 32.5. The Morgan fingerprint density at radius 2 is 1.43 bits per heavy atom. The van der Waals surface area contributed by atoms with Crippen molar-refractivity contribution >= 4 is 64.3 Å². The molecule has 1 aliphatic rings. The summed E-state index contributed by atoms with van der Waals surface area (Å²) in [4.78, 5) is 74.1. The fraction of sp³-hybridized carbons (Fsp3) is 0.385. The lowest BCUT2D eigenvalue weighted by atomic mass is 9.95. The number of carbonyl (C=O) groups excluding carboxylic acids is 3. The van der Waals surface area contributed by atoms with Crippen molar-refractivity contribution < 1.29 is 43.3 Å². The first-order valence-electron chi connectivity index (χ1n) is 23.9. The van der Waals surface area contributed by atoms with E-state index in [1.165, 1.54) is 18.2 Å². The first-order chi connectivity index (χ1) is 33.6. The number of hydrogen-bond acceptors (Lipinski definition) is 12. The first kappa shape index (κ1) is 53.3. The van der Waals surface area contributed by atoms with Crippen molar-refractivity contribution in [3.8, 4) is 22.8 Å². The van der Waals surface area contributed by atoms with Crippen molar-refractivity contribution in [2.75, 3.05) is 38.2 Å². The van der Waals surface area contributed by atoms with Crippen molar-refractivity contribution in [1.29, 1.82) is 0 Å². The van der Waals surface area contributed by atoms with E-state index in [2.05, 4.69) is 17.1 Å². The van der Waals surface area contributed by atoms with Gasteiger partial charge in [0.1, 0.15) is 5.76 Å². The van der Waals surface area contributed by atoms with Gasteiger partial charge in [-0.2, -0.15) is 0 Å². The van der Waals surface area contributed by atoms with Gasteiger partial charge < -0.3 is 54.8 Å². The number of hydrazine groups is 1. The Labute approximate surface area is 413 Å². The number of nitrogens with zero attached hydrogens (tertiary/aromatic N) is 3. The van der Waals surface area contributed by atoms with Crippen LogP contribution in [0, 0.1) is 0 Å². The summed E-state index contributed by atoms with van der Waals surface area (Å²) in [7, 11) is 1.79. The van der Waals surface area contributed by atoms with Gasteiger partial charge in [-0.25, -0.2) is 5.84 Å². The van der Waals surface area contributed by atoms with Crippen molar-refractivity contribution in [3.05, 3.63) is 123 Å². The van der Waals surface area contributed by atoms with E-state index in [0.29, 0.717) is 59.8 Å². The minimum atomic E-state index is -3.63. The van der Waals surface area contributed by atoms with E-state index in [0.717, 1.165) is 81.8 Å². The number of para-hydroxylation sites is 1. The van der Waals surface area contributed by atoms with Gasteiger partial charge in [-0.05, 0) is 73.4 Å². The smallest absolute Gasteiger partial charge is 0.321 e. The topological polar surface area (TPSA) is 245 Å². The summed E-state index contributed by atoms with van der Waals surface area (Å²) in [6.45, 7) is -1.49. The zero-order valence-electron chi connectivity index (χ0n) is 39.7. The van der Waals surface area contributed by atoms with E-state index in [4.69, 9.17) is 30.3 Å². The van der Waals surface area contributed by atoms with Gasteiger partial charge >= 0.3 is 6.72 Å². The van der Waals surface area contributed by atoms with Crippen LogP contribution in [0.3, 0.4) is 0 Å². The Bertz CT molecular complexity index is 2740. The predicted molar refractivity (Wildman–Crippen MR) is 277 cm³/mol. The van der Waals surface area contributed by atoms with E-state index in [1.54, 1.807) is 46.1 Å². The number of hydrogen-bond donors (Lipinski definition) is 7. The van der Waals surface area contributed by atoms with Crippen molar-refractivity contribution in [2.45, 2.75) is 96.4 Å². The number of phenols is 2. The summed E-state index contributed by atoms with van der Waals surface area (Å²) in [6, 6.07) is 26.0. The van der Waals surface area contributed by atoms with Crippen molar-refractivity contribution in [3.63, 3.8) is 0 Å². The summed E-state index contributed by atoms with van der Waals surface area (Å²) in [6.07, 6.45) is 11.1. The molecule has 0 aliphatic carbocycles. The average molecular weight is 997 g/mol. The van der Waals surface area contributed by atoms with E-state index in [9.17, 15) is 29.4 Å². The van der Waals surface area contributed by atoms with Crippen LogP contribution in [0.25, 0.3) is 33.7 Å². The number of nitrogens with two attached hydrogens (primary N) is 2. The Hall–Kier alpha value is -6.07. The molecule has 0 saturated heterocycles. The van der Waals surface area contributed by atoms with E-state index in [1.807, 2.05) is 48.5 Å². The summed E-state index contributed by atoms with van der Waals surface area (Å²) < 4.78 is 10.6. The zero-order valence-corrected chi connectivity index (χ0v) is 41.4. The van der Waals surface area contributed by atoms with Crippen molar-refractivity contribution in [1.82, 2.24) is 15.2 Å². The molecule has 70 heavy (non-hydrogen) atoms. The molecule has 18 heteroatoms. The zero-order chi connectivity index (χ0) is 50.2. The number of anilines is 1. The molecule has 6 rings (SSSR count). The summed E-state index contributed by atoms with van der Waals surface area (Å²) in [5.41, 5.74) is 11.8. The molecule has 2 heterocycles. The van der Waals surface area contributed by atoms with E-state index >= 15 is 0 Å². The van der Waals surface area contributed by atoms with Gasteiger partial charge in [0.2, 0.25) is 17.6 Å². The normalized spacial score (nSPS) is 13.6. The maximum atomic E-state index is 13.9. The van der Waals surface area contributed by atoms with Crippen LogP contribution in [0.4, 0.5) is 5.69 Å². The molecule has 0 bridgehead atoms. The van der Waals surface area contributed by atoms with Crippen LogP contribution in [-0.4, -0.2) is 80.9 Å². The molecular weight excluding hydrogens is 932 g/mol. The van der Waals surface area contributed by atoms with Gasteiger partial charge in [0.15, 0.2) is 16.8 Å². The first-order valence-corrected chi connectivity index (χ1v) is 26.6. The highest BCUT2D eigenvalue weighted by Gasteiger charge is 2.28. The van der Waals surface area contributed by atoms with Crippen LogP contribution in [0.15, 0.2) is 100 Å². The second-order valence-corrected chi connectivity index (χ2v) is 20.3. The number of rotatable bonds is 25. The van der Waals surface area contributed by atoms with Crippen molar-refractivity contribution in [2.24, 2.45) is 11.6 Å². The fourth-order valence-electron chi connectivity index (χ4n) is 8.56. The van der Waals surface area contributed by atoms with E-state index in [-0.39, 0.29) is 71.6 Å². The molecule has 0 spiro atoms. The largest absolute Gasteiger partial charge is 0.504 e. The molecule has 5 aromatic rings. The number of benzene rings is 4. The molecule has 1 aromatic heterocycles. The molecular formula is C52H65N6O10PS. The molecule has 3 amide bonds. The van der Waals surface area contributed by atoms with Gasteiger partial charge in [0, 0.05) is 67.8 Å². The van der Waals surface area contributed by atoms with Crippen LogP contribution in [0.2, 0.25) is 0 Å². The summed E-state index contributed by atoms with van der Waals surface area (Å²) in [5.74, 6) is 5.63. The second kappa shape index (κ2) is 25.7. The Morgan fingerprint density at radius 1 is 0.800 bits per heavy atom. The van der Waals surface area contributed by atoms with Crippen LogP contribution in [-0.2, 0) is 32.5 Å². The molecule has 4 aromatic carbocycles. The van der Waals surface area contributed by atoms with Crippen LogP contribution >= 0.6 is 6.72 Å². The highest BCUT2D eigenvalue weighted by Crippen LogP contribution is 2.38. The molecule has 0 fully saturated rings. The minimum absolute atomic E-state index is 0.0192. The molecule has 0 saturated carbocycles. The monoisotopic (exact) mass is 996 g/mol. The Balaban J connectivity index is 0.913. The van der Waals surface area contributed by atoms with Crippen LogP contribution in [0.5, 0.6) is 11.5 Å². The third-order valence-electron chi connectivity index (χ3n) is 12.4. The van der Waals surface area contributed by atoms with Crippen LogP contribution in [0.1, 0.15) is 117 Å². The third-order valence-corrected chi connectivity index (χ3v) is 13.2. The number of amides is 3. The lowest BCUT2D eigenvalue weighted by Gasteiger charge is -2.33. The van der Waals surface area contributed by atoms with Gasteiger partial charge in [0.05, 0.1) is 35.6 Å². The lowest BCUT2D eigenvalue weighted by molar-refractivity contribution is -0.125. The molecule has 1 aliphatic heterocycles. The number of aromatic hydroxyl groups is 2. The SMILES string of the molecule is CN(CCCCCCCCCCN(N)/C1=C(\N)c2ccccc2N(C(=O)CCC(=O)NCCCCCCOP(O)(O)=S)Cc2ccccc21)C(=O)c1ccc(-c2cc(=O)c3ccc(O)c(O)c3o2)cc1. The molecule has 0 unspecified atom stereocenters. The molecule has 16 nitrogen and oxygen atoms in total. The number of phenolic OH excluding ortho intramolecular Hbond substituents is 2. The Kier molecular flexibility index (Phi) is 19.6. The molecule has 0 atom stereocenters. The average Bonchev–Trinajstić information content (AvgIpc) is 3.34. The van der Waals surface area contributed by atoms with Gasteiger partial charge in [0.25, 0.3) is 5.91 Å². The third kappa shape index (κ3) is 14.7. The van der Waals surface area contributed by atoms with Gasteiger partial charge in [-0.3, -0.25) is 19.2 Å². The number of nitrogens with one attached hydrogen (secondary N) is 1. The highest BCUT2D eigenvalue weighted by molar-refractivity contribution is 8.06. The minimum Gasteiger partial charge on any atom is -0.504 e.